The molecule has 0 spiro atoms. The van der Waals surface area contributed by atoms with Crippen LogP contribution in [0.2, 0.25) is 0 Å². The molecule has 0 amide bonds. The summed E-state index contributed by atoms with van der Waals surface area (Å²) in [6, 6.07) is 14.9. The van der Waals surface area contributed by atoms with Crippen molar-refractivity contribution < 1.29 is 0 Å². The molecule has 1 aliphatic carbocycles. The molecule has 2 aromatic heterocycles. The van der Waals surface area contributed by atoms with Gasteiger partial charge in [0.05, 0.1) is 27.6 Å². The summed E-state index contributed by atoms with van der Waals surface area (Å²) in [6.45, 7) is 0.606. The quantitative estimate of drug-likeness (QED) is 0.235. The fourth-order valence-corrected chi connectivity index (χ4v) is 5.37. The van der Waals surface area contributed by atoms with Crippen LogP contribution in [0.4, 0.5) is 0 Å². The van der Waals surface area contributed by atoms with Crippen molar-refractivity contribution in [2.45, 2.75) is 49.6 Å². The van der Waals surface area contributed by atoms with Gasteiger partial charge in [-0.15, -0.1) is 0 Å². The lowest BCUT2D eigenvalue weighted by atomic mass is 9.97. The molecule has 0 atom stereocenters. The minimum atomic E-state index is -0.0655. The largest absolute Gasteiger partial charge is 0.299 e. The van der Waals surface area contributed by atoms with Gasteiger partial charge in [-0.2, -0.15) is 0 Å². The number of nitrogens with zero attached hydrogens (tertiary/aromatic N) is 4. The Bertz CT molecular complexity index is 1490. The van der Waals surface area contributed by atoms with E-state index >= 15 is 0 Å². The highest BCUT2D eigenvalue weighted by Crippen LogP contribution is 2.24. The van der Waals surface area contributed by atoms with E-state index in [-0.39, 0.29) is 11.1 Å². The summed E-state index contributed by atoms with van der Waals surface area (Å²) in [5.41, 5.74) is 2.72. The zero-order valence-corrected chi connectivity index (χ0v) is 19.5. The van der Waals surface area contributed by atoms with Gasteiger partial charge in [-0.1, -0.05) is 47.7 Å². The molecule has 1 aliphatic rings. The number of aromatic nitrogens is 4. The summed E-state index contributed by atoms with van der Waals surface area (Å²) in [7, 11) is 1.74. The summed E-state index contributed by atoms with van der Waals surface area (Å²) in [4.78, 5) is 35.6. The first-order chi connectivity index (χ1) is 16.1. The third-order valence-corrected chi connectivity index (χ3v) is 7.25. The van der Waals surface area contributed by atoms with E-state index in [0.29, 0.717) is 45.1 Å². The van der Waals surface area contributed by atoms with Crippen molar-refractivity contribution in [1.82, 2.24) is 19.1 Å². The summed E-state index contributed by atoms with van der Waals surface area (Å²) in [5, 5.41) is 1.91. The molecule has 0 bridgehead atoms. The zero-order chi connectivity index (χ0) is 22.8. The average molecular weight is 459 g/mol. The third kappa shape index (κ3) is 4.37. The maximum Gasteiger partial charge on any atom is 0.262 e. The molecule has 0 N–H and O–H groups in total. The number of thioether (sulfide) groups is 1. The second-order valence-corrected chi connectivity index (χ2v) is 9.37. The van der Waals surface area contributed by atoms with Gasteiger partial charge in [-0.25, -0.2) is 9.97 Å². The smallest absolute Gasteiger partial charge is 0.262 e. The van der Waals surface area contributed by atoms with Crippen molar-refractivity contribution in [3.63, 3.8) is 0 Å². The SMILES string of the molecule is Cn1c(CSc2nc3ccccc3c(=O)n2CCC2=CCCCC2)nc2ccccc2c1=O. The van der Waals surface area contributed by atoms with Gasteiger partial charge in [0, 0.05) is 13.6 Å². The first kappa shape index (κ1) is 21.6. The molecule has 5 rings (SSSR count). The molecule has 0 unspecified atom stereocenters. The van der Waals surface area contributed by atoms with Gasteiger partial charge in [0.1, 0.15) is 5.82 Å². The van der Waals surface area contributed by atoms with Gasteiger partial charge < -0.3 is 0 Å². The monoisotopic (exact) mass is 458 g/mol. The van der Waals surface area contributed by atoms with Crippen molar-refractivity contribution in [3.05, 3.63) is 86.7 Å². The van der Waals surface area contributed by atoms with E-state index in [1.165, 1.54) is 30.2 Å². The molecule has 0 fully saturated rings. The van der Waals surface area contributed by atoms with E-state index in [0.717, 1.165) is 19.3 Å². The Labute approximate surface area is 196 Å². The lowest BCUT2D eigenvalue weighted by molar-refractivity contribution is 0.569. The van der Waals surface area contributed by atoms with E-state index in [4.69, 9.17) is 9.97 Å². The number of para-hydroxylation sites is 2. The lowest BCUT2D eigenvalue weighted by Crippen LogP contribution is -2.24. The van der Waals surface area contributed by atoms with Gasteiger partial charge in [0.25, 0.3) is 11.1 Å². The Morgan fingerprint density at radius 2 is 1.61 bits per heavy atom. The van der Waals surface area contributed by atoms with E-state index in [1.54, 1.807) is 22.2 Å². The molecular formula is C26H26N4O2S. The second-order valence-electron chi connectivity index (χ2n) is 8.42. The lowest BCUT2D eigenvalue weighted by Gasteiger charge is -2.16. The van der Waals surface area contributed by atoms with E-state index < -0.39 is 0 Å². The van der Waals surface area contributed by atoms with Crippen LogP contribution in [0, 0.1) is 0 Å². The minimum Gasteiger partial charge on any atom is -0.299 e. The highest BCUT2D eigenvalue weighted by molar-refractivity contribution is 7.98. The third-order valence-electron chi connectivity index (χ3n) is 6.27. The van der Waals surface area contributed by atoms with Crippen LogP contribution in [0.15, 0.2) is 74.9 Å². The highest BCUT2D eigenvalue weighted by Gasteiger charge is 2.15. The Kier molecular flexibility index (Phi) is 6.13. The van der Waals surface area contributed by atoms with Gasteiger partial charge in [-0.05, 0) is 56.4 Å². The molecule has 4 aromatic rings. The molecule has 168 valence electrons. The molecule has 0 saturated heterocycles. The van der Waals surface area contributed by atoms with Crippen LogP contribution in [-0.2, 0) is 19.3 Å². The normalized spacial score (nSPS) is 14.0. The molecule has 2 heterocycles. The highest BCUT2D eigenvalue weighted by atomic mass is 32.2. The van der Waals surface area contributed by atoms with Crippen LogP contribution in [0.5, 0.6) is 0 Å². The van der Waals surface area contributed by atoms with Crippen molar-refractivity contribution >= 4 is 33.6 Å². The first-order valence-corrected chi connectivity index (χ1v) is 12.4. The van der Waals surface area contributed by atoms with Crippen LogP contribution < -0.4 is 11.1 Å². The Morgan fingerprint density at radius 1 is 0.909 bits per heavy atom. The number of rotatable bonds is 6. The van der Waals surface area contributed by atoms with Crippen molar-refractivity contribution in [2.75, 3.05) is 0 Å². The predicted octanol–water partition coefficient (Wildman–Crippen LogP) is 4.83. The molecule has 7 heteroatoms. The van der Waals surface area contributed by atoms with Gasteiger partial charge >= 0.3 is 0 Å². The van der Waals surface area contributed by atoms with Gasteiger partial charge in [0.15, 0.2) is 5.16 Å². The Hall–Kier alpha value is -3.19. The summed E-state index contributed by atoms with van der Waals surface area (Å²) in [5.74, 6) is 1.11. The predicted molar refractivity (Wildman–Crippen MR) is 134 cm³/mol. The van der Waals surface area contributed by atoms with E-state index in [1.807, 2.05) is 42.5 Å². The number of fused-ring (bicyclic) bond motifs is 2. The van der Waals surface area contributed by atoms with Gasteiger partial charge in [0.2, 0.25) is 0 Å². The average Bonchev–Trinajstić information content (AvgIpc) is 2.85. The first-order valence-electron chi connectivity index (χ1n) is 11.4. The Balaban J connectivity index is 1.50. The summed E-state index contributed by atoms with van der Waals surface area (Å²) < 4.78 is 3.38. The zero-order valence-electron chi connectivity index (χ0n) is 18.7. The standard InChI is InChI=1S/C26H26N4O2S/c1-29-23(27-21-13-7-5-11-19(21)24(29)31)17-33-26-28-22-14-8-6-12-20(22)25(32)30(26)16-15-18-9-3-2-4-10-18/h5-9,11-14H,2-4,10,15-17H2,1H3. The summed E-state index contributed by atoms with van der Waals surface area (Å²) >= 11 is 1.46. The number of hydrogen-bond acceptors (Lipinski definition) is 5. The van der Waals surface area contributed by atoms with Crippen LogP contribution in [-0.4, -0.2) is 19.1 Å². The maximum absolute atomic E-state index is 13.3. The van der Waals surface area contributed by atoms with Crippen LogP contribution in [0.1, 0.15) is 37.9 Å². The van der Waals surface area contributed by atoms with Crippen LogP contribution in [0.3, 0.4) is 0 Å². The second kappa shape index (κ2) is 9.35. The minimum absolute atomic E-state index is 0.0140. The van der Waals surface area contributed by atoms with Crippen LogP contribution in [0.25, 0.3) is 21.8 Å². The molecule has 2 aromatic carbocycles. The topological polar surface area (TPSA) is 69.8 Å². The Morgan fingerprint density at radius 3 is 2.33 bits per heavy atom. The molecule has 0 aliphatic heterocycles. The molecule has 33 heavy (non-hydrogen) atoms. The fraction of sp³-hybridized carbons (Fsp3) is 0.308. The summed E-state index contributed by atoms with van der Waals surface area (Å²) in [6.07, 6.45) is 7.90. The number of allylic oxidation sites excluding steroid dienone is 2. The van der Waals surface area contributed by atoms with Gasteiger partial charge in [-0.3, -0.25) is 18.7 Å². The van der Waals surface area contributed by atoms with Crippen LogP contribution >= 0.6 is 11.8 Å². The van der Waals surface area contributed by atoms with E-state index in [9.17, 15) is 9.59 Å². The maximum atomic E-state index is 13.3. The van der Waals surface area contributed by atoms with Crippen molar-refractivity contribution in [3.8, 4) is 0 Å². The van der Waals surface area contributed by atoms with Crippen molar-refractivity contribution in [2.24, 2.45) is 7.05 Å². The fourth-order valence-electron chi connectivity index (χ4n) is 4.36. The molecule has 6 nitrogen and oxygen atoms in total. The molecule has 0 radical (unpaired) electrons. The molecular weight excluding hydrogens is 432 g/mol. The number of hydrogen-bond donors (Lipinski definition) is 0. The number of benzene rings is 2. The van der Waals surface area contributed by atoms with Crippen molar-refractivity contribution in [1.29, 1.82) is 0 Å². The molecule has 0 saturated carbocycles. The van der Waals surface area contributed by atoms with E-state index in [2.05, 4.69) is 6.08 Å².